The van der Waals surface area contributed by atoms with Crippen molar-refractivity contribution < 1.29 is 23.8 Å². The van der Waals surface area contributed by atoms with Gasteiger partial charge in [0.25, 0.3) is 5.91 Å². The summed E-state index contributed by atoms with van der Waals surface area (Å²) in [6.07, 6.45) is 6.60. The van der Waals surface area contributed by atoms with Crippen LogP contribution in [0.2, 0.25) is 0 Å². The molecular formula is C22H29NO5. The van der Waals surface area contributed by atoms with E-state index >= 15 is 0 Å². The monoisotopic (exact) mass is 387 g/mol. The highest BCUT2D eigenvalue weighted by atomic mass is 16.6. The standard InChI is InChI=1S/C22H29NO5/c1-16-6-2-5-11-23(16)20(24)15-28-21(25)22(9-3-4-10-22)17-7-8-18-19(14-17)27-13-12-26-18/h7-8,14,16H,2-6,9-13,15H2,1H3. The number of likely N-dealkylation sites (tertiary alicyclic amines) is 1. The van der Waals surface area contributed by atoms with Gasteiger partial charge in [-0.3, -0.25) is 9.59 Å². The summed E-state index contributed by atoms with van der Waals surface area (Å²) in [5.41, 5.74) is 0.210. The summed E-state index contributed by atoms with van der Waals surface area (Å²) in [4.78, 5) is 27.6. The number of carbonyl (C=O) groups is 2. The Labute approximate surface area is 166 Å². The number of fused-ring (bicyclic) bond motifs is 1. The molecule has 0 bridgehead atoms. The Balaban J connectivity index is 1.48. The van der Waals surface area contributed by atoms with E-state index in [0.29, 0.717) is 24.7 Å². The number of amides is 1. The first-order valence-electron chi connectivity index (χ1n) is 10.5. The predicted molar refractivity (Wildman–Crippen MR) is 104 cm³/mol. The molecule has 3 aliphatic rings. The van der Waals surface area contributed by atoms with Crippen LogP contribution >= 0.6 is 0 Å². The van der Waals surface area contributed by atoms with Crippen molar-refractivity contribution in [3.8, 4) is 11.5 Å². The number of ether oxygens (including phenoxy) is 3. The number of nitrogens with zero attached hydrogens (tertiary/aromatic N) is 1. The van der Waals surface area contributed by atoms with Crippen molar-refractivity contribution in [1.82, 2.24) is 4.90 Å². The van der Waals surface area contributed by atoms with Gasteiger partial charge in [-0.15, -0.1) is 0 Å². The van der Waals surface area contributed by atoms with E-state index in [1.807, 2.05) is 23.1 Å². The number of hydrogen-bond donors (Lipinski definition) is 0. The molecule has 1 aliphatic carbocycles. The van der Waals surface area contributed by atoms with Crippen LogP contribution in [-0.4, -0.2) is 49.2 Å². The van der Waals surface area contributed by atoms with Gasteiger partial charge in [0.15, 0.2) is 18.1 Å². The highest BCUT2D eigenvalue weighted by Crippen LogP contribution is 2.45. The highest BCUT2D eigenvalue weighted by molar-refractivity contribution is 5.87. The third kappa shape index (κ3) is 3.56. The zero-order valence-electron chi connectivity index (χ0n) is 16.6. The number of esters is 1. The molecule has 28 heavy (non-hydrogen) atoms. The lowest BCUT2D eigenvalue weighted by Crippen LogP contribution is -2.45. The summed E-state index contributed by atoms with van der Waals surface area (Å²) in [6, 6.07) is 5.94. The van der Waals surface area contributed by atoms with Gasteiger partial charge in [0.1, 0.15) is 13.2 Å². The molecular weight excluding hydrogens is 358 g/mol. The summed E-state index contributed by atoms with van der Waals surface area (Å²) < 4.78 is 16.9. The van der Waals surface area contributed by atoms with Crippen LogP contribution in [0.3, 0.4) is 0 Å². The minimum atomic E-state index is -0.691. The molecule has 1 aromatic carbocycles. The summed E-state index contributed by atoms with van der Waals surface area (Å²) in [6.45, 7) is 3.69. The first kappa shape index (κ1) is 19.1. The van der Waals surface area contributed by atoms with E-state index in [9.17, 15) is 9.59 Å². The zero-order chi connectivity index (χ0) is 19.6. The molecule has 2 aliphatic heterocycles. The van der Waals surface area contributed by atoms with E-state index in [0.717, 1.165) is 57.1 Å². The molecule has 0 aromatic heterocycles. The van der Waals surface area contributed by atoms with Gasteiger partial charge in [0, 0.05) is 12.6 Å². The Morgan fingerprint density at radius 3 is 2.61 bits per heavy atom. The van der Waals surface area contributed by atoms with E-state index < -0.39 is 5.41 Å². The first-order valence-corrected chi connectivity index (χ1v) is 10.5. The number of hydrogen-bond acceptors (Lipinski definition) is 5. The summed E-state index contributed by atoms with van der Waals surface area (Å²) in [7, 11) is 0. The third-order valence-corrected chi connectivity index (χ3v) is 6.39. The normalized spacial score (nSPS) is 23.3. The van der Waals surface area contributed by atoms with E-state index in [2.05, 4.69) is 6.92 Å². The van der Waals surface area contributed by atoms with Crippen LogP contribution < -0.4 is 9.47 Å². The second kappa shape index (κ2) is 8.02. The molecule has 2 fully saturated rings. The Morgan fingerprint density at radius 1 is 1.11 bits per heavy atom. The van der Waals surface area contributed by atoms with Crippen LogP contribution in [0.4, 0.5) is 0 Å². The van der Waals surface area contributed by atoms with Crippen LogP contribution in [0, 0.1) is 0 Å². The minimum Gasteiger partial charge on any atom is -0.486 e. The first-order chi connectivity index (χ1) is 13.6. The van der Waals surface area contributed by atoms with Gasteiger partial charge in [-0.1, -0.05) is 18.9 Å². The average Bonchev–Trinajstić information content (AvgIpc) is 3.23. The average molecular weight is 387 g/mol. The summed E-state index contributed by atoms with van der Waals surface area (Å²) >= 11 is 0. The fraction of sp³-hybridized carbons (Fsp3) is 0.636. The molecule has 1 saturated heterocycles. The molecule has 0 radical (unpaired) electrons. The maximum Gasteiger partial charge on any atom is 0.317 e. The van der Waals surface area contributed by atoms with Crippen LogP contribution in [0.5, 0.6) is 11.5 Å². The molecule has 1 saturated carbocycles. The van der Waals surface area contributed by atoms with Gasteiger partial charge in [-0.2, -0.15) is 0 Å². The molecule has 1 amide bonds. The van der Waals surface area contributed by atoms with Crippen molar-refractivity contribution in [3.05, 3.63) is 23.8 Å². The van der Waals surface area contributed by atoms with Gasteiger partial charge in [-0.05, 0) is 56.7 Å². The molecule has 1 atom stereocenters. The van der Waals surface area contributed by atoms with Crippen molar-refractivity contribution in [3.63, 3.8) is 0 Å². The Bertz CT molecular complexity index is 740. The second-order valence-corrected chi connectivity index (χ2v) is 8.16. The maximum absolute atomic E-state index is 13.1. The predicted octanol–water partition coefficient (Wildman–Crippen LogP) is 3.21. The molecule has 6 heteroatoms. The van der Waals surface area contributed by atoms with Gasteiger partial charge in [0.2, 0.25) is 0 Å². The third-order valence-electron chi connectivity index (χ3n) is 6.39. The molecule has 152 valence electrons. The van der Waals surface area contributed by atoms with Crippen LogP contribution in [-0.2, 0) is 19.7 Å². The van der Waals surface area contributed by atoms with Crippen molar-refractivity contribution in [2.24, 2.45) is 0 Å². The number of piperidine rings is 1. The Kier molecular flexibility index (Phi) is 5.47. The summed E-state index contributed by atoms with van der Waals surface area (Å²) in [5.74, 6) is 1.02. The van der Waals surface area contributed by atoms with E-state index in [1.54, 1.807) is 0 Å². The number of carbonyl (C=O) groups excluding carboxylic acids is 2. The second-order valence-electron chi connectivity index (χ2n) is 8.16. The summed E-state index contributed by atoms with van der Waals surface area (Å²) in [5, 5.41) is 0. The highest BCUT2D eigenvalue weighted by Gasteiger charge is 2.45. The smallest absolute Gasteiger partial charge is 0.317 e. The lowest BCUT2D eigenvalue weighted by Gasteiger charge is -2.34. The van der Waals surface area contributed by atoms with Gasteiger partial charge in [-0.25, -0.2) is 0 Å². The Morgan fingerprint density at radius 2 is 1.86 bits per heavy atom. The molecule has 4 rings (SSSR count). The van der Waals surface area contributed by atoms with E-state index in [1.165, 1.54) is 0 Å². The topological polar surface area (TPSA) is 65.1 Å². The molecule has 0 N–H and O–H groups in total. The van der Waals surface area contributed by atoms with Crippen LogP contribution in [0.25, 0.3) is 0 Å². The number of rotatable bonds is 4. The Hall–Kier alpha value is -2.24. The van der Waals surface area contributed by atoms with Gasteiger partial charge >= 0.3 is 5.97 Å². The molecule has 0 spiro atoms. The minimum absolute atomic E-state index is 0.0872. The maximum atomic E-state index is 13.1. The van der Waals surface area contributed by atoms with Crippen molar-refractivity contribution in [1.29, 1.82) is 0 Å². The molecule has 1 aromatic rings. The van der Waals surface area contributed by atoms with Crippen LogP contribution in [0.1, 0.15) is 57.4 Å². The molecule has 1 unspecified atom stereocenters. The lowest BCUT2D eigenvalue weighted by molar-refractivity contribution is -0.158. The quantitative estimate of drug-likeness (QED) is 0.743. The fourth-order valence-electron chi connectivity index (χ4n) is 4.75. The lowest BCUT2D eigenvalue weighted by atomic mass is 9.78. The van der Waals surface area contributed by atoms with Crippen LogP contribution in [0.15, 0.2) is 18.2 Å². The van der Waals surface area contributed by atoms with Crippen molar-refractivity contribution >= 4 is 11.9 Å². The van der Waals surface area contributed by atoms with E-state index in [-0.39, 0.29) is 24.5 Å². The zero-order valence-corrected chi connectivity index (χ0v) is 16.6. The molecule has 2 heterocycles. The van der Waals surface area contributed by atoms with E-state index in [4.69, 9.17) is 14.2 Å². The van der Waals surface area contributed by atoms with Crippen molar-refractivity contribution in [2.75, 3.05) is 26.4 Å². The van der Waals surface area contributed by atoms with Gasteiger partial charge < -0.3 is 19.1 Å². The largest absolute Gasteiger partial charge is 0.486 e. The fourth-order valence-corrected chi connectivity index (χ4v) is 4.75. The van der Waals surface area contributed by atoms with Crippen molar-refractivity contribution in [2.45, 2.75) is 63.3 Å². The molecule has 6 nitrogen and oxygen atoms in total. The SMILES string of the molecule is CC1CCCCN1C(=O)COC(=O)C1(c2ccc3c(c2)OCCO3)CCCC1. The number of benzene rings is 1. The van der Waals surface area contributed by atoms with Gasteiger partial charge in [0.05, 0.1) is 5.41 Å².